The van der Waals surface area contributed by atoms with Gasteiger partial charge in [-0.3, -0.25) is 0 Å². The lowest BCUT2D eigenvalue weighted by Crippen LogP contribution is -2.33. The number of nitrogens with zero attached hydrogens (tertiary/aromatic N) is 1. The standard InChI is InChI=1S/C13H17BrN2O3/c1-2-19-12-7-9(14)3-4-11(12)15-13(18)16-6-5-10(17)8-16/h3-4,7,10,17H,2,5-6,8H2,1H3,(H,15,18)/t10-/m1/s1. The van der Waals surface area contributed by atoms with E-state index >= 15 is 0 Å². The predicted molar refractivity (Wildman–Crippen MR) is 76.5 cm³/mol. The van der Waals surface area contributed by atoms with Gasteiger partial charge >= 0.3 is 6.03 Å². The van der Waals surface area contributed by atoms with Crippen LogP contribution < -0.4 is 10.1 Å². The zero-order valence-electron chi connectivity index (χ0n) is 10.7. The molecule has 5 nitrogen and oxygen atoms in total. The van der Waals surface area contributed by atoms with Crippen molar-refractivity contribution in [2.45, 2.75) is 19.4 Å². The van der Waals surface area contributed by atoms with Gasteiger partial charge in [0, 0.05) is 17.6 Å². The van der Waals surface area contributed by atoms with Crippen LogP contribution in [0.15, 0.2) is 22.7 Å². The topological polar surface area (TPSA) is 61.8 Å². The molecule has 1 fully saturated rings. The quantitative estimate of drug-likeness (QED) is 0.895. The number of rotatable bonds is 3. The van der Waals surface area contributed by atoms with Crippen molar-refractivity contribution in [3.63, 3.8) is 0 Å². The summed E-state index contributed by atoms with van der Waals surface area (Å²) < 4.78 is 6.38. The van der Waals surface area contributed by atoms with Gasteiger partial charge in [-0.2, -0.15) is 0 Å². The number of hydrogen-bond donors (Lipinski definition) is 2. The maximum absolute atomic E-state index is 12.0. The second kappa shape index (κ2) is 6.25. The summed E-state index contributed by atoms with van der Waals surface area (Å²) in [6, 6.07) is 5.24. The van der Waals surface area contributed by atoms with Crippen molar-refractivity contribution in [3.05, 3.63) is 22.7 Å². The molecule has 1 aromatic rings. The number of likely N-dealkylation sites (tertiary alicyclic amines) is 1. The molecule has 1 heterocycles. The summed E-state index contributed by atoms with van der Waals surface area (Å²) in [7, 11) is 0. The molecule has 1 atom stereocenters. The molecule has 2 amide bonds. The van der Waals surface area contributed by atoms with Crippen molar-refractivity contribution in [1.29, 1.82) is 0 Å². The summed E-state index contributed by atoms with van der Waals surface area (Å²) in [6.07, 6.45) is 0.216. The number of β-amino-alcohol motifs (C(OH)–C–C–N with tert-alkyl or cyclic N) is 1. The summed E-state index contributed by atoms with van der Waals surface area (Å²) in [4.78, 5) is 13.6. The van der Waals surface area contributed by atoms with E-state index in [-0.39, 0.29) is 6.03 Å². The zero-order chi connectivity index (χ0) is 13.8. The van der Waals surface area contributed by atoms with Gasteiger partial charge in [-0.05, 0) is 31.5 Å². The van der Waals surface area contributed by atoms with Crippen molar-refractivity contribution < 1.29 is 14.6 Å². The molecule has 0 saturated carbocycles. The largest absolute Gasteiger partial charge is 0.492 e. The van der Waals surface area contributed by atoms with Crippen LogP contribution in [-0.4, -0.2) is 41.8 Å². The number of anilines is 1. The number of carbonyl (C=O) groups is 1. The van der Waals surface area contributed by atoms with Gasteiger partial charge in [-0.1, -0.05) is 15.9 Å². The van der Waals surface area contributed by atoms with E-state index < -0.39 is 6.10 Å². The molecule has 1 aliphatic rings. The van der Waals surface area contributed by atoms with Gasteiger partial charge < -0.3 is 20.1 Å². The lowest BCUT2D eigenvalue weighted by Gasteiger charge is -2.18. The van der Waals surface area contributed by atoms with E-state index in [1.165, 1.54) is 0 Å². The number of aliphatic hydroxyl groups excluding tert-OH is 1. The van der Waals surface area contributed by atoms with E-state index in [0.29, 0.717) is 37.6 Å². The number of halogens is 1. The maximum Gasteiger partial charge on any atom is 0.322 e. The fourth-order valence-corrected chi connectivity index (χ4v) is 2.33. The van der Waals surface area contributed by atoms with Gasteiger partial charge in [0.2, 0.25) is 0 Å². The van der Waals surface area contributed by atoms with Gasteiger partial charge in [0.1, 0.15) is 5.75 Å². The summed E-state index contributed by atoms with van der Waals surface area (Å²) in [5, 5.41) is 12.3. The number of urea groups is 1. The van der Waals surface area contributed by atoms with Crippen LogP contribution in [0, 0.1) is 0 Å². The molecule has 0 bridgehead atoms. The molecule has 19 heavy (non-hydrogen) atoms. The molecule has 0 unspecified atom stereocenters. The van der Waals surface area contributed by atoms with Crippen LogP contribution in [0.3, 0.4) is 0 Å². The minimum absolute atomic E-state index is 0.208. The Labute approximate surface area is 120 Å². The molecule has 0 aromatic heterocycles. The molecule has 0 aliphatic carbocycles. The van der Waals surface area contributed by atoms with Gasteiger partial charge in [0.25, 0.3) is 0 Å². The third-order valence-electron chi connectivity index (χ3n) is 2.94. The average Bonchev–Trinajstić information content (AvgIpc) is 2.80. The van der Waals surface area contributed by atoms with Crippen molar-refractivity contribution in [2.75, 3.05) is 25.0 Å². The normalized spacial score (nSPS) is 18.5. The first-order chi connectivity index (χ1) is 9.10. The van der Waals surface area contributed by atoms with Gasteiger partial charge in [-0.15, -0.1) is 0 Å². The van der Waals surface area contributed by atoms with Crippen LogP contribution in [0.2, 0.25) is 0 Å². The Morgan fingerprint density at radius 3 is 3.05 bits per heavy atom. The van der Waals surface area contributed by atoms with Gasteiger partial charge in [0.15, 0.2) is 0 Å². The Hall–Kier alpha value is -1.27. The molecular weight excluding hydrogens is 312 g/mol. The van der Waals surface area contributed by atoms with Crippen LogP contribution >= 0.6 is 15.9 Å². The monoisotopic (exact) mass is 328 g/mol. The maximum atomic E-state index is 12.0. The van der Waals surface area contributed by atoms with Crippen LogP contribution in [0.25, 0.3) is 0 Å². The van der Waals surface area contributed by atoms with Crippen LogP contribution in [0.1, 0.15) is 13.3 Å². The molecule has 2 N–H and O–H groups in total. The fraction of sp³-hybridized carbons (Fsp3) is 0.462. The molecule has 1 saturated heterocycles. The fourth-order valence-electron chi connectivity index (χ4n) is 1.99. The predicted octanol–water partition coefficient (Wildman–Crippen LogP) is 2.45. The smallest absolute Gasteiger partial charge is 0.322 e. The van der Waals surface area contributed by atoms with Crippen LogP contribution in [-0.2, 0) is 0 Å². The highest BCUT2D eigenvalue weighted by molar-refractivity contribution is 9.10. The third-order valence-corrected chi connectivity index (χ3v) is 3.43. The van der Waals surface area contributed by atoms with E-state index in [2.05, 4.69) is 21.2 Å². The number of benzene rings is 1. The lowest BCUT2D eigenvalue weighted by atomic mass is 10.3. The second-order valence-corrected chi connectivity index (χ2v) is 5.31. The van der Waals surface area contributed by atoms with Gasteiger partial charge in [-0.25, -0.2) is 4.79 Å². The van der Waals surface area contributed by atoms with E-state index in [1.807, 2.05) is 19.1 Å². The molecular formula is C13H17BrN2O3. The molecule has 0 radical (unpaired) electrons. The highest BCUT2D eigenvalue weighted by Crippen LogP contribution is 2.29. The highest BCUT2D eigenvalue weighted by atomic mass is 79.9. The summed E-state index contributed by atoms with van der Waals surface area (Å²) in [5.41, 5.74) is 0.636. The zero-order valence-corrected chi connectivity index (χ0v) is 12.3. The number of nitrogens with one attached hydrogen (secondary N) is 1. The molecule has 6 heteroatoms. The van der Waals surface area contributed by atoms with Crippen molar-refractivity contribution in [2.24, 2.45) is 0 Å². The molecule has 1 aromatic carbocycles. The summed E-state index contributed by atoms with van der Waals surface area (Å²) in [5.74, 6) is 0.630. The Morgan fingerprint density at radius 1 is 1.63 bits per heavy atom. The summed E-state index contributed by atoms with van der Waals surface area (Å²) >= 11 is 3.37. The Kier molecular flexibility index (Phi) is 4.66. The summed E-state index contributed by atoms with van der Waals surface area (Å²) in [6.45, 7) is 3.38. The van der Waals surface area contributed by atoms with Crippen LogP contribution in [0.5, 0.6) is 5.75 Å². The van der Waals surface area contributed by atoms with Crippen LogP contribution in [0.4, 0.5) is 10.5 Å². The Balaban J connectivity index is 2.07. The first-order valence-corrected chi connectivity index (χ1v) is 7.05. The molecule has 0 spiro atoms. The van der Waals surface area contributed by atoms with E-state index in [9.17, 15) is 9.90 Å². The SMILES string of the molecule is CCOc1cc(Br)ccc1NC(=O)N1CC[C@@H](O)C1. The van der Waals surface area contributed by atoms with E-state index in [4.69, 9.17) is 4.74 Å². The van der Waals surface area contributed by atoms with Gasteiger partial charge in [0.05, 0.1) is 18.4 Å². The molecule has 104 valence electrons. The number of carbonyl (C=O) groups excluding carboxylic acids is 1. The van der Waals surface area contributed by atoms with Crippen molar-refractivity contribution >= 4 is 27.6 Å². The van der Waals surface area contributed by atoms with E-state index in [0.717, 1.165) is 4.47 Å². The number of hydrogen-bond acceptors (Lipinski definition) is 3. The number of aliphatic hydroxyl groups is 1. The average molecular weight is 329 g/mol. The number of ether oxygens (including phenoxy) is 1. The molecule has 2 rings (SSSR count). The minimum Gasteiger partial charge on any atom is -0.492 e. The highest BCUT2D eigenvalue weighted by Gasteiger charge is 2.25. The third kappa shape index (κ3) is 3.61. The number of amides is 2. The van der Waals surface area contributed by atoms with Crippen molar-refractivity contribution in [3.8, 4) is 5.75 Å². The Morgan fingerprint density at radius 2 is 2.42 bits per heavy atom. The first kappa shape index (κ1) is 14.1. The second-order valence-electron chi connectivity index (χ2n) is 4.39. The lowest BCUT2D eigenvalue weighted by molar-refractivity contribution is 0.176. The minimum atomic E-state index is -0.415. The van der Waals surface area contributed by atoms with Crippen molar-refractivity contribution in [1.82, 2.24) is 4.90 Å². The Bertz CT molecular complexity index is 467. The molecule has 1 aliphatic heterocycles. The van der Waals surface area contributed by atoms with E-state index in [1.54, 1.807) is 11.0 Å². The first-order valence-electron chi connectivity index (χ1n) is 6.26.